The van der Waals surface area contributed by atoms with E-state index in [-0.39, 0.29) is 0 Å². The summed E-state index contributed by atoms with van der Waals surface area (Å²) in [5.41, 5.74) is 3.43. The van der Waals surface area contributed by atoms with E-state index in [2.05, 4.69) is 15.3 Å². The molecule has 0 aromatic carbocycles. The highest BCUT2D eigenvalue weighted by molar-refractivity contribution is 5.97. The van der Waals surface area contributed by atoms with Gasteiger partial charge in [-0.2, -0.15) is 0 Å². The van der Waals surface area contributed by atoms with E-state index < -0.39 is 0 Å². The molecule has 0 amide bonds. The van der Waals surface area contributed by atoms with Crippen LogP contribution in [0.2, 0.25) is 0 Å². The van der Waals surface area contributed by atoms with E-state index in [0.29, 0.717) is 5.69 Å². The first kappa shape index (κ1) is 12.3. The van der Waals surface area contributed by atoms with Gasteiger partial charge in [-0.3, -0.25) is 4.79 Å². The lowest BCUT2D eigenvalue weighted by atomic mass is 10.1. The molecule has 0 aliphatic carbocycles. The third-order valence-electron chi connectivity index (χ3n) is 3.42. The lowest BCUT2D eigenvalue weighted by Crippen LogP contribution is -1.95. The van der Waals surface area contributed by atoms with Crippen molar-refractivity contribution in [2.45, 2.75) is 0 Å². The van der Waals surface area contributed by atoms with E-state index >= 15 is 0 Å². The maximum atomic E-state index is 11.1. The molecule has 3 rings (SSSR count). The number of hydrogen-bond donors (Lipinski definition) is 1. The molecule has 5 nitrogen and oxygen atoms in total. The van der Waals surface area contributed by atoms with Crippen molar-refractivity contribution in [2.75, 3.05) is 12.4 Å². The van der Waals surface area contributed by atoms with Gasteiger partial charge in [0.15, 0.2) is 6.29 Å². The molecule has 0 aliphatic rings. The van der Waals surface area contributed by atoms with Gasteiger partial charge in [0.2, 0.25) is 0 Å². The Labute approximate surface area is 116 Å². The first-order chi connectivity index (χ1) is 9.74. The first-order valence-corrected chi connectivity index (χ1v) is 6.28. The number of fused-ring (bicyclic) bond motifs is 1. The zero-order valence-corrected chi connectivity index (χ0v) is 11.3. The van der Waals surface area contributed by atoms with Gasteiger partial charge in [0.25, 0.3) is 0 Å². The van der Waals surface area contributed by atoms with Crippen molar-refractivity contribution in [2.24, 2.45) is 7.05 Å². The smallest absolute Gasteiger partial charge is 0.166 e. The van der Waals surface area contributed by atoms with Crippen LogP contribution in [0.1, 0.15) is 10.5 Å². The van der Waals surface area contributed by atoms with Crippen LogP contribution < -0.4 is 5.32 Å². The molecular weight excluding hydrogens is 252 g/mol. The molecule has 0 spiro atoms. The summed E-state index contributed by atoms with van der Waals surface area (Å²) in [4.78, 5) is 19.7. The first-order valence-electron chi connectivity index (χ1n) is 6.28. The van der Waals surface area contributed by atoms with E-state index in [1.54, 1.807) is 10.8 Å². The number of anilines is 1. The van der Waals surface area contributed by atoms with Crippen LogP contribution in [0.4, 0.5) is 5.82 Å². The van der Waals surface area contributed by atoms with Crippen LogP contribution in [0.15, 0.2) is 36.7 Å². The predicted octanol–water partition coefficient (Wildman–Crippen LogP) is 2.49. The van der Waals surface area contributed by atoms with E-state index in [0.717, 1.165) is 34.3 Å². The summed E-state index contributed by atoms with van der Waals surface area (Å²) < 4.78 is 1.79. The standard InChI is InChI=1S/C15H14N4O/c1-16-14-4-3-10(8-18-14)12-5-6-17-15-13(12)7-11(9-20)19(15)2/h3-9H,1-2H3,(H,16,18). The summed E-state index contributed by atoms with van der Waals surface area (Å²) in [5, 5.41) is 3.95. The Hall–Kier alpha value is -2.69. The maximum Gasteiger partial charge on any atom is 0.166 e. The molecule has 1 N–H and O–H groups in total. The molecule has 5 heteroatoms. The number of carbonyl (C=O) groups is 1. The number of aldehydes is 1. The summed E-state index contributed by atoms with van der Waals surface area (Å²) in [7, 11) is 3.67. The Kier molecular flexibility index (Phi) is 2.95. The molecule has 0 radical (unpaired) electrons. The van der Waals surface area contributed by atoms with E-state index in [1.807, 2.05) is 44.6 Å². The van der Waals surface area contributed by atoms with Crippen molar-refractivity contribution in [3.05, 3.63) is 42.4 Å². The van der Waals surface area contributed by atoms with Crippen LogP contribution in [0, 0.1) is 0 Å². The van der Waals surface area contributed by atoms with Gasteiger partial charge in [-0.1, -0.05) is 0 Å². The highest BCUT2D eigenvalue weighted by Gasteiger charge is 2.11. The highest BCUT2D eigenvalue weighted by atomic mass is 16.1. The zero-order chi connectivity index (χ0) is 14.1. The molecule has 0 unspecified atom stereocenters. The zero-order valence-electron chi connectivity index (χ0n) is 11.3. The summed E-state index contributed by atoms with van der Waals surface area (Å²) in [5.74, 6) is 0.820. The van der Waals surface area contributed by atoms with E-state index in [4.69, 9.17) is 0 Å². The molecule has 0 atom stereocenters. The Morgan fingerprint density at radius 1 is 1.25 bits per heavy atom. The van der Waals surface area contributed by atoms with Crippen LogP contribution in [-0.2, 0) is 7.05 Å². The number of aromatic nitrogens is 3. The summed E-state index contributed by atoms with van der Waals surface area (Å²) in [6.07, 6.45) is 4.40. The molecule has 0 aliphatic heterocycles. The second-order valence-corrected chi connectivity index (χ2v) is 4.52. The second-order valence-electron chi connectivity index (χ2n) is 4.52. The number of pyridine rings is 2. The molecule has 0 saturated carbocycles. The highest BCUT2D eigenvalue weighted by Crippen LogP contribution is 2.28. The number of nitrogens with one attached hydrogen (secondary N) is 1. The van der Waals surface area contributed by atoms with Crippen molar-refractivity contribution in [3.63, 3.8) is 0 Å². The minimum absolute atomic E-state index is 0.611. The average molecular weight is 266 g/mol. The van der Waals surface area contributed by atoms with Gasteiger partial charge >= 0.3 is 0 Å². The summed E-state index contributed by atoms with van der Waals surface area (Å²) >= 11 is 0. The van der Waals surface area contributed by atoms with Crippen molar-refractivity contribution in [3.8, 4) is 11.1 Å². The Morgan fingerprint density at radius 3 is 2.75 bits per heavy atom. The molecule has 3 aromatic rings. The minimum atomic E-state index is 0.611. The normalized spacial score (nSPS) is 10.7. The third-order valence-corrected chi connectivity index (χ3v) is 3.42. The molecule has 3 aromatic heterocycles. The fourth-order valence-corrected chi connectivity index (χ4v) is 2.30. The van der Waals surface area contributed by atoms with Crippen molar-refractivity contribution in [1.29, 1.82) is 0 Å². The van der Waals surface area contributed by atoms with E-state index in [1.165, 1.54) is 0 Å². The fraction of sp³-hybridized carbons (Fsp3) is 0.133. The number of rotatable bonds is 3. The lowest BCUT2D eigenvalue weighted by Gasteiger charge is -2.05. The molecule has 0 fully saturated rings. The second kappa shape index (κ2) is 4.77. The molecular formula is C15H14N4O. The van der Waals surface area contributed by atoms with Crippen LogP contribution in [-0.4, -0.2) is 27.9 Å². The Balaban J connectivity index is 2.22. The van der Waals surface area contributed by atoms with Crippen LogP contribution in [0.25, 0.3) is 22.2 Å². The molecule has 100 valence electrons. The maximum absolute atomic E-state index is 11.1. The van der Waals surface area contributed by atoms with Crippen LogP contribution >= 0.6 is 0 Å². The van der Waals surface area contributed by atoms with Crippen molar-refractivity contribution >= 4 is 23.1 Å². The van der Waals surface area contributed by atoms with Gasteiger partial charge in [0.05, 0.1) is 5.69 Å². The molecule has 20 heavy (non-hydrogen) atoms. The SMILES string of the molecule is CNc1ccc(-c2ccnc3c2cc(C=O)n3C)cn1. The van der Waals surface area contributed by atoms with Crippen LogP contribution in [0.3, 0.4) is 0 Å². The van der Waals surface area contributed by atoms with Gasteiger partial charge in [0, 0.05) is 37.4 Å². The summed E-state index contributed by atoms with van der Waals surface area (Å²) in [6.45, 7) is 0. The average Bonchev–Trinajstić information content (AvgIpc) is 2.84. The molecule has 0 bridgehead atoms. The van der Waals surface area contributed by atoms with Crippen molar-refractivity contribution in [1.82, 2.24) is 14.5 Å². The lowest BCUT2D eigenvalue weighted by molar-refractivity contribution is 0.111. The number of nitrogens with zero attached hydrogens (tertiary/aromatic N) is 3. The predicted molar refractivity (Wildman–Crippen MR) is 78.9 cm³/mol. The van der Waals surface area contributed by atoms with Gasteiger partial charge in [-0.15, -0.1) is 0 Å². The monoisotopic (exact) mass is 266 g/mol. The Morgan fingerprint density at radius 2 is 2.10 bits per heavy atom. The number of hydrogen-bond acceptors (Lipinski definition) is 4. The van der Waals surface area contributed by atoms with Crippen LogP contribution in [0.5, 0.6) is 0 Å². The molecule has 0 saturated heterocycles. The van der Waals surface area contributed by atoms with Gasteiger partial charge in [-0.05, 0) is 29.8 Å². The summed E-state index contributed by atoms with van der Waals surface area (Å²) in [6, 6.07) is 7.72. The topological polar surface area (TPSA) is 59.8 Å². The van der Waals surface area contributed by atoms with Gasteiger partial charge in [0.1, 0.15) is 11.5 Å². The quantitative estimate of drug-likeness (QED) is 0.740. The third kappa shape index (κ3) is 1.84. The number of aryl methyl sites for hydroxylation is 1. The Bertz CT molecular complexity index is 774. The fourth-order valence-electron chi connectivity index (χ4n) is 2.30. The molecule has 3 heterocycles. The van der Waals surface area contributed by atoms with Gasteiger partial charge in [-0.25, -0.2) is 9.97 Å². The largest absolute Gasteiger partial charge is 0.373 e. The number of carbonyl (C=O) groups excluding carboxylic acids is 1. The van der Waals surface area contributed by atoms with Crippen molar-refractivity contribution < 1.29 is 4.79 Å². The minimum Gasteiger partial charge on any atom is -0.373 e. The van der Waals surface area contributed by atoms with E-state index in [9.17, 15) is 4.79 Å². The van der Waals surface area contributed by atoms with Gasteiger partial charge < -0.3 is 9.88 Å².